The van der Waals surface area contributed by atoms with E-state index in [1.807, 2.05) is 0 Å². The number of nitrogens with one attached hydrogen (secondary N) is 1. The summed E-state index contributed by atoms with van der Waals surface area (Å²) < 4.78 is 4.88. The molecule has 4 heteroatoms. The number of ether oxygens (including phenoxy) is 1. The van der Waals surface area contributed by atoms with E-state index in [0.29, 0.717) is 0 Å². The van der Waals surface area contributed by atoms with Crippen molar-refractivity contribution in [2.24, 2.45) is 0 Å². The lowest BCUT2D eigenvalue weighted by atomic mass is 10.2. The number of hydrogen-bond donors (Lipinski definition) is 2. The standard InChI is InChI=1S/C7H15NO3.C3H6/c1-7(2,3)11-6(10)8-4-5-9;1-2-3-1/h9H,4-5H2,1-3H3,(H,8,10);1-3H2. The lowest BCUT2D eigenvalue weighted by Crippen LogP contribution is -2.33. The summed E-state index contributed by atoms with van der Waals surface area (Å²) in [4.78, 5) is 10.8. The third-order valence-electron chi connectivity index (χ3n) is 1.13. The fourth-order valence-corrected chi connectivity index (χ4v) is 0.472. The molecule has 0 saturated heterocycles. The summed E-state index contributed by atoms with van der Waals surface area (Å²) in [6, 6.07) is 0. The Morgan fingerprint density at radius 1 is 1.36 bits per heavy atom. The number of rotatable bonds is 2. The Morgan fingerprint density at radius 3 is 2.14 bits per heavy atom. The molecule has 0 aliphatic heterocycles. The molecular formula is C10H21NO3. The summed E-state index contributed by atoms with van der Waals surface area (Å²) in [5.74, 6) is 0. The maximum absolute atomic E-state index is 10.8. The molecule has 84 valence electrons. The normalized spacial score (nSPS) is 13.7. The van der Waals surface area contributed by atoms with Crippen molar-refractivity contribution in [3.05, 3.63) is 0 Å². The molecule has 0 aromatic carbocycles. The van der Waals surface area contributed by atoms with Gasteiger partial charge >= 0.3 is 6.09 Å². The molecule has 1 fully saturated rings. The molecule has 0 aromatic heterocycles. The Kier molecular flexibility index (Phi) is 6.28. The van der Waals surface area contributed by atoms with Crippen LogP contribution in [0.4, 0.5) is 4.79 Å². The number of carbonyl (C=O) groups excluding carboxylic acids is 1. The van der Waals surface area contributed by atoms with Crippen LogP contribution in [-0.4, -0.2) is 30.0 Å². The first-order valence-electron chi connectivity index (χ1n) is 5.03. The van der Waals surface area contributed by atoms with E-state index in [0.717, 1.165) is 0 Å². The lowest BCUT2D eigenvalue weighted by molar-refractivity contribution is 0.0518. The minimum Gasteiger partial charge on any atom is -0.444 e. The number of amides is 1. The molecule has 14 heavy (non-hydrogen) atoms. The lowest BCUT2D eigenvalue weighted by Gasteiger charge is -2.19. The first-order chi connectivity index (χ1) is 6.45. The van der Waals surface area contributed by atoms with Gasteiger partial charge in [0.1, 0.15) is 5.60 Å². The first-order valence-corrected chi connectivity index (χ1v) is 5.03. The monoisotopic (exact) mass is 203 g/mol. The van der Waals surface area contributed by atoms with Gasteiger partial charge in [-0.3, -0.25) is 0 Å². The van der Waals surface area contributed by atoms with Crippen LogP contribution in [0.2, 0.25) is 0 Å². The zero-order valence-corrected chi connectivity index (χ0v) is 9.30. The van der Waals surface area contributed by atoms with Crippen molar-refractivity contribution in [1.29, 1.82) is 0 Å². The predicted molar refractivity (Wildman–Crippen MR) is 55.2 cm³/mol. The molecule has 1 rings (SSSR count). The Bertz CT molecular complexity index is 158. The first kappa shape index (κ1) is 13.2. The SMILES string of the molecule is C1CC1.CC(C)(C)OC(=O)NCCO. The average molecular weight is 203 g/mol. The largest absolute Gasteiger partial charge is 0.444 e. The van der Waals surface area contributed by atoms with Gasteiger partial charge in [-0.25, -0.2) is 4.79 Å². The van der Waals surface area contributed by atoms with Crippen LogP contribution in [0.25, 0.3) is 0 Å². The van der Waals surface area contributed by atoms with E-state index in [1.165, 1.54) is 19.3 Å². The van der Waals surface area contributed by atoms with E-state index >= 15 is 0 Å². The smallest absolute Gasteiger partial charge is 0.407 e. The zero-order chi connectivity index (χ0) is 11.0. The highest BCUT2D eigenvalue weighted by atomic mass is 16.6. The summed E-state index contributed by atoms with van der Waals surface area (Å²) in [6.45, 7) is 5.51. The molecule has 2 N–H and O–H groups in total. The summed E-state index contributed by atoms with van der Waals surface area (Å²) >= 11 is 0. The Morgan fingerprint density at radius 2 is 1.86 bits per heavy atom. The quantitative estimate of drug-likeness (QED) is 0.717. The fourth-order valence-electron chi connectivity index (χ4n) is 0.472. The molecule has 0 atom stereocenters. The number of alkyl carbamates (subject to hydrolysis) is 1. The minimum atomic E-state index is -0.494. The van der Waals surface area contributed by atoms with Crippen molar-refractivity contribution < 1.29 is 14.6 Å². The summed E-state index contributed by atoms with van der Waals surface area (Å²) in [5.41, 5.74) is -0.473. The van der Waals surface area contributed by atoms with Crippen LogP contribution in [0.5, 0.6) is 0 Å². The molecule has 0 spiro atoms. The number of carbonyl (C=O) groups is 1. The van der Waals surface area contributed by atoms with Crippen molar-refractivity contribution in [1.82, 2.24) is 5.32 Å². The van der Waals surface area contributed by atoms with Gasteiger partial charge in [-0.15, -0.1) is 0 Å². The Labute approximate surface area is 85.6 Å². The van der Waals surface area contributed by atoms with Gasteiger partial charge in [-0.2, -0.15) is 0 Å². The van der Waals surface area contributed by atoms with Crippen molar-refractivity contribution in [2.45, 2.75) is 45.6 Å². The topological polar surface area (TPSA) is 58.6 Å². The Balaban J connectivity index is 0.000000469. The van der Waals surface area contributed by atoms with Crippen LogP contribution in [0.15, 0.2) is 0 Å². The van der Waals surface area contributed by atoms with Crippen molar-refractivity contribution in [2.75, 3.05) is 13.2 Å². The van der Waals surface area contributed by atoms with E-state index in [9.17, 15) is 4.79 Å². The van der Waals surface area contributed by atoms with E-state index in [-0.39, 0.29) is 13.2 Å². The highest BCUT2D eigenvalue weighted by molar-refractivity contribution is 5.67. The zero-order valence-electron chi connectivity index (χ0n) is 9.30. The average Bonchev–Trinajstić information content (AvgIpc) is 2.82. The maximum atomic E-state index is 10.8. The van der Waals surface area contributed by atoms with Gasteiger partial charge in [0.15, 0.2) is 0 Å². The van der Waals surface area contributed by atoms with Crippen molar-refractivity contribution >= 4 is 6.09 Å². The summed E-state index contributed by atoms with van der Waals surface area (Å²) in [5, 5.41) is 10.7. The summed E-state index contributed by atoms with van der Waals surface area (Å²) in [6.07, 6.45) is 4.01. The fraction of sp³-hybridized carbons (Fsp3) is 0.900. The molecule has 0 radical (unpaired) electrons. The van der Waals surface area contributed by atoms with Crippen LogP contribution in [-0.2, 0) is 4.74 Å². The number of aliphatic hydroxyl groups excluding tert-OH is 1. The molecule has 0 heterocycles. The van der Waals surface area contributed by atoms with E-state index in [2.05, 4.69) is 5.32 Å². The third kappa shape index (κ3) is 13.8. The van der Waals surface area contributed by atoms with Gasteiger partial charge in [-0.1, -0.05) is 19.3 Å². The second-order valence-electron chi connectivity index (χ2n) is 4.21. The van der Waals surface area contributed by atoms with Gasteiger partial charge in [0.25, 0.3) is 0 Å². The number of hydrogen-bond acceptors (Lipinski definition) is 3. The van der Waals surface area contributed by atoms with Crippen molar-refractivity contribution in [3.63, 3.8) is 0 Å². The molecule has 0 bridgehead atoms. The molecule has 1 aliphatic rings. The highest BCUT2D eigenvalue weighted by Gasteiger charge is 2.14. The van der Waals surface area contributed by atoms with Crippen LogP contribution >= 0.6 is 0 Å². The second-order valence-corrected chi connectivity index (χ2v) is 4.21. The van der Waals surface area contributed by atoms with Gasteiger partial charge in [0, 0.05) is 6.54 Å². The molecule has 1 saturated carbocycles. The van der Waals surface area contributed by atoms with E-state index in [1.54, 1.807) is 20.8 Å². The van der Waals surface area contributed by atoms with Crippen LogP contribution in [0, 0.1) is 0 Å². The maximum Gasteiger partial charge on any atom is 0.407 e. The molecule has 0 aromatic rings. The van der Waals surface area contributed by atoms with Gasteiger partial charge < -0.3 is 15.2 Å². The van der Waals surface area contributed by atoms with Crippen LogP contribution in [0.1, 0.15) is 40.0 Å². The molecule has 1 amide bonds. The van der Waals surface area contributed by atoms with E-state index in [4.69, 9.17) is 9.84 Å². The Hall–Kier alpha value is -0.770. The number of aliphatic hydroxyl groups is 1. The van der Waals surface area contributed by atoms with Crippen LogP contribution < -0.4 is 5.32 Å². The highest BCUT2D eigenvalue weighted by Crippen LogP contribution is 2.14. The second kappa shape index (κ2) is 6.65. The predicted octanol–water partition coefficient (Wildman–Crippen LogP) is 1.67. The molecule has 0 unspecified atom stereocenters. The van der Waals surface area contributed by atoms with Gasteiger partial charge in [-0.05, 0) is 20.8 Å². The van der Waals surface area contributed by atoms with Crippen molar-refractivity contribution in [3.8, 4) is 0 Å². The van der Waals surface area contributed by atoms with Gasteiger partial charge in [0.2, 0.25) is 0 Å². The molecule has 1 aliphatic carbocycles. The molecular weight excluding hydrogens is 182 g/mol. The summed E-state index contributed by atoms with van der Waals surface area (Å²) in [7, 11) is 0. The molecule has 4 nitrogen and oxygen atoms in total. The van der Waals surface area contributed by atoms with Crippen LogP contribution in [0.3, 0.4) is 0 Å². The van der Waals surface area contributed by atoms with Gasteiger partial charge in [0.05, 0.1) is 6.61 Å². The third-order valence-corrected chi connectivity index (χ3v) is 1.13. The van der Waals surface area contributed by atoms with E-state index < -0.39 is 11.7 Å². The minimum absolute atomic E-state index is 0.0702.